The molecule has 0 atom stereocenters. The molecular formula is C3H8N2O. The second-order valence-corrected chi connectivity index (χ2v) is 0.997. The zero-order chi connectivity index (χ0) is 4.99. The molecule has 0 aromatic rings. The maximum absolute atomic E-state index is 9.76. The first kappa shape index (κ1) is 5.43. The fraction of sp³-hybridized carbons (Fsp3) is 0.667. The fourth-order valence-electron chi connectivity index (χ4n) is 0.174. The zero-order valence-electron chi connectivity index (χ0n) is 3.69. The smallest absolute Gasteiger partial charge is 0.231 e. The molecule has 0 radical (unpaired) electrons. The van der Waals surface area contributed by atoms with E-state index in [-0.39, 0.29) is 12.5 Å². The highest BCUT2D eigenvalue weighted by Crippen LogP contribution is 1.44. The Bertz CT molecular complexity index is 52.8. The van der Waals surface area contributed by atoms with Crippen LogP contribution in [0.5, 0.6) is 0 Å². The van der Waals surface area contributed by atoms with Crippen molar-refractivity contribution in [3.8, 4) is 0 Å². The zero-order valence-corrected chi connectivity index (χ0v) is 3.69. The van der Waals surface area contributed by atoms with Gasteiger partial charge in [0.05, 0.1) is 6.54 Å². The molecule has 36 valence electrons. The van der Waals surface area contributed by atoms with E-state index < -0.39 is 0 Å². The summed E-state index contributed by atoms with van der Waals surface area (Å²) < 4.78 is 0. The summed E-state index contributed by atoms with van der Waals surface area (Å²) in [5.74, 6) is -0.322. The van der Waals surface area contributed by atoms with Crippen molar-refractivity contribution in [1.29, 1.82) is 0 Å². The van der Waals surface area contributed by atoms with Crippen molar-refractivity contribution in [3.63, 3.8) is 0 Å². The van der Waals surface area contributed by atoms with Crippen LogP contribution >= 0.6 is 0 Å². The van der Waals surface area contributed by atoms with Crippen LogP contribution in [0.1, 0.15) is 0 Å². The van der Waals surface area contributed by atoms with E-state index in [2.05, 4.69) is 5.32 Å². The molecule has 0 fully saturated rings. The van der Waals surface area contributed by atoms with Gasteiger partial charge in [-0.2, -0.15) is 0 Å². The predicted molar refractivity (Wildman–Crippen MR) is 23.1 cm³/mol. The van der Waals surface area contributed by atoms with Crippen LogP contribution in [0.15, 0.2) is 0 Å². The highest BCUT2D eigenvalue weighted by atomic mass is 16.1. The third kappa shape index (κ3) is 3.43. The van der Waals surface area contributed by atoms with E-state index in [9.17, 15) is 4.79 Å². The van der Waals surface area contributed by atoms with Gasteiger partial charge in [-0.15, -0.1) is 0 Å². The molecule has 0 aliphatic heterocycles. The van der Waals surface area contributed by atoms with Gasteiger partial charge in [-0.25, -0.2) is 0 Å². The van der Waals surface area contributed by atoms with Crippen LogP contribution in [0.4, 0.5) is 0 Å². The maximum atomic E-state index is 9.76. The Labute approximate surface area is 36.5 Å². The summed E-state index contributed by atoms with van der Waals surface area (Å²) in [6.07, 6.45) is 0. The highest BCUT2D eigenvalue weighted by molar-refractivity contribution is 5.75. The molecule has 3 heteroatoms. The molecule has 0 spiro atoms. The van der Waals surface area contributed by atoms with E-state index in [1.807, 2.05) is 0 Å². The molecule has 0 unspecified atom stereocenters. The molecule has 0 aliphatic rings. The van der Waals surface area contributed by atoms with E-state index in [1.54, 1.807) is 7.05 Å². The van der Waals surface area contributed by atoms with Crippen molar-refractivity contribution < 1.29 is 4.79 Å². The van der Waals surface area contributed by atoms with Gasteiger partial charge in [0, 0.05) is 0 Å². The first-order valence-corrected chi connectivity index (χ1v) is 1.70. The van der Waals surface area contributed by atoms with Crippen LogP contribution in [0.25, 0.3) is 0 Å². The van der Waals surface area contributed by atoms with Gasteiger partial charge in [0.2, 0.25) is 5.91 Å². The normalized spacial score (nSPS) is 8.17. The molecule has 0 bridgehead atoms. The van der Waals surface area contributed by atoms with Crippen LogP contribution in [0, 0.1) is 0 Å². The summed E-state index contributed by atoms with van der Waals surface area (Å²) in [6.45, 7) is 0.264. The summed E-state index contributed by atoms with van der Waals surface area (Å²) >= 11 is 0. The van der Waals surface area contributed by atoms with Crippen LogP contribution in [0.2, 0.25) is 0 Å². The highest BCUT2D eigenvalue weighted by Gasteiger charge is 1.82. The van der Waals surface area contributed by atoms with Crippen LogP contribution < -0.4 is 11.1 Å². The average Bonchev–Trinajstić information content (AvgIpc) is 1.35. The molecule has 0 saturated carbocycles. The van der Waals surface area contributed by atoms with Crippen molar-refractivity contribution >= 4 is 5.91 Å². The second kappa shape index (κ2) is 2.66. The summed E-state index contributed by atoms with van der Waals surface area (Å²) in [7, 11) is 1.67. The van der Waals surface area contributed by atoms with Crippen molar-refractivity contribution in [3.05, 3.63) is 0 Å². The van der Waals surface area contributed by atoms with E-state index in [0.29, 0.717) is 0 Å². The minimum absolute atomic E-state index is 0.264. The maximum Gasteiger partial charge on any atom is 0.231 e. The lowest BCUT2D eigenvalue weighted by molar-refractivity contribution is -0.117. The number of hydrogen-bond donors (Lipinski definition) is 2. The Morgan fingerprint density at radius 3 is 2.50 bits per heavy atom. The van der Waals surface area contributed by atoms with Gasteiger partial charge in [0.1, 0.15) is 0 Å². The van der Waals surface area contributed by atoms with Crippen molar-refractivity contribution in [1.82, 2.24) is 5.32 Å². The van der Waals surface area contributed by atoms with Gasteiger partial charge in [-0.3, -0.25) is 4.79 Å². The lowest BCUT2D eigenvalue weighted by atomic mass is 10.6. The Hall–Kier alpha value is -0.570. The van der Waals surface area contributed by atoms with E-state index in [0.717, 1.165) is 0 Å². The molecular weight excluding hydrogens is 80.0 g/mol. The molecule has 6 heavy (non-hydrogen) atoms. The number of amides is 1. The van der Waals surface area contributed by atoms with E-state index >= 15 is 0 Å². The quantitative estimate of drug-likeness (QED) is 0.440. The number of carbonyl (C=O) groups is 1. The van der Waals surface area contributed by atoms with E-state index in [1.165, 1.54) is 0 Å². The third-order valence-corrected chi connectivity index (χ3v) is 0.351. The number of nitrogens with one attached hydrogen (secondary N) is 1. The average molecular weight is 88.1 g/mol. The molecule has 0 aromatic carbocycles. The Balaban J connectivity index is 2.83. The fourth-order valence-corrected chi connectivity index (χ4v) is 0.174. The predicted octanol–water partition coefficient (Wildman–Crippen LogP) is -1.31. The lowest BCUT2D eigenvalue weighted by Crippen LogP contribution is -2.25. The van der Waals surface area contributed by atoms with Crippen molar-refractivity contribution in [2.24, 2.45) is 5.73 Å². The van der Waals surface area contributed by atoms with Crippen molar-refractivity contribution in [2.45, 2.75) is 0 Å². The first-order chi connectivity index (χ1) is 2.77. The Kier molecular flexibility index (Phi) is 2.40. The van der Waals surface area contributed by atoms with Crippen LogP contribution in [0.3, 0.4) is 0 Å². The minimum Gasteiger partial charge on any atom is -0.369 e. The third-order valence-electron chi connectivity index (χ3n) is 0.351. The summed E-state index contributed by atoms with van der Waals surface area (Å²) in [4.78, 5) is 9.76. The molecule has 0 aromatic heterocycles. The molecule has 0 rings (SSSR count). The number of rotatable bonds is 2. The molecule has 3 nitrogen and oxygen atoms in total. The standard InChI is InChI=1S/C3H8N2O/c1-5-2-3(4)6/h5H,2H2,1H3,(H2,4,6). The van der Waals surface area contributed by atoms with Crippen molar-refractivity contribution in [2.75, 3.05) is 13.6 Å². The SMILES string of the molecule is CNCC(N)=O. The monoisotopic (exact) mass is 88.1 g/mol. The largest absolute Gasteiger partial charge is 0.369 e. The van der Waals surface area contributed by atoms with Crippen LogP contribution in [-0.4, -0.2) is 19.5 Å². The molecule has 1 amide bonds. The van der Waals surface area contributed by atoms with E-state index in [4.69, 9.17) is 5.73 Å². The topological polar surface area (TPSA) is 55.1 Å². The van der Waals surface area contributed by atoms with Gasteiger partial charge in [-0.05, 0) is 7.05 Å². The lowest BCUT2D eigenvalue weighted by Gasteiger charge is -1.85. The van der Waals surface area contributed by atoms with Gasteiger partial charge in [0.25, 0.3) is 0 Å². The van der Waals surface area contributed by atoms with Gasteiger partial charge in [-0.1, -0.05) is 0 Å². The number of primary amides is 1. The molecule has 3 N–H and O–H groups in total. The van der Waals surface area contributed by atoms with Crippen LogP contribution in [-0.2, 0) is 4.79 Å². The number of hydrogen-bond acceptors (Lipinski definition) is 2. The number of nitrogens with two attached hydrogens (primary N) is 1. The number of carbonyl (C=O) groups excluding carboxylic acids is 1. The molecule has 0 heterocycles. The second-order valence-electron chi connectivity index (χ2n) is 0.997. The number of likely N-dealkylation sites (N-methyl/N-ethyl adjacent to an activating group) is 1. The summed E-state index contributed by atoms with van der Waals surface area (Å²) in [6, 6.07) is 0. The minimum atomic E-state index is -0.322. The van der Waals surface area contributed by atoms with Gasteiger partial charge < -0.3 is 11.1 Å². The van der Waals surface area contributed by atoms with Gasteiger partial charge >= 0.3 is 0 Å². The Morgan fingerprint density at radius 1 is 2.00 bits per heavy atom. The molecule has 0 saturated heterocycles. The first-order valence-electron chi connectivity index (χ1n) is 1.70. The summed E-state index contributed by atoms with van der Waals surface area (Å²) in [5.41, 5.74) is 4.70. The summed E-state index contributed by atoms with van der Waals surface area (Å²) in [5, 5.41) is 2.59. The van der Waals surface area contributed by atoms with Gasteiger partial charge in [0.15, 0.2) is 0 Å². The molecule has 0 aliphatic carbocycles. The Morgan fingerprint density at radius 2 is 2.50 bits per heavy atom.